The highest BCUT2D eigenvalue weighted by Crippen LogP contribution is 2.39. The van der Waals surface area contributed by atoms with E-state index >= 15 is 0 Å². The largest absolute Gasteiger partial charge is 0.507 e. The van der Waals surface area contributed by atoms with E-state index in [1.807, 2.05) is 0 Å². The van der Waals surface area contributed by atoms with Crippen molar-refractivity contribution in [1.29, 1.82) is 0 Å². The summed E-state index contributed by atoms with van der Waals surface area (Å²) in [6.45, 7) is 3.96. The molecule has 2 aromatic carbocycles. The molecule has 0 radical (unpaired) electrons. The second-order valence-electron chi connectivity index (χ2n) is 7.66. The SMILES string of the molecule is O=C1C(=O)N(CC[NH+]2CCOCC2)[C@@H](c2ccc(F)cc2)C1=C(O)c1ccc(Cl)cc1. The van der Waals surface area contributed by atoms with Gasteiger partial charge >= 0.3 is 0 Å². The summed E-state index contributed by atoms with van der Waals surface area (Å²) < 4.78 is 18.9. The maximum Gasteiger partial charge on any atom is 0.295 e. The molecule has 0 bridgehead atoms. The first kappa shape index (κ1) is 21.5. The second kappa shape index (κ2) is 9.18. The summed E-state index contributed by atoms with van der Waals surface area (Å²) in [4.78, 5) is 28.6. The van der Waals surface area contributed by atoms with Gasteiger partial charge < -0.3 is 19.6 Å². The molecular weight excluding hydrogens is 423 g/mol. The summed E-state index contributed by atoms with van der Waals surface area (Å²) in [5.74, 6) is -2.11. The van der Waals surface area contributed by atoms with Crippen molar-refractivity contribution in [3.63, 3.8) is 0 Å². The van der Waals surface area contributed by atoms with E-state index in [9.17, 15) is 19.1 Å². The number of rotatable bonds is 5. The third-order valence-electron chi connectivity index (χ3n) is 5.75. The van der Waals surface area contributed by atoms with Crippen LogP contribution in [0.4, 0.5) is 4.39 Å². The van der Waals surface area contributed by atoms with Gasteiger partial charge in [-0.3, -0.25) is 9.59 Å². The van der Waals surface area contributed by atoms with Gasteiger partial charge in [-0.2, -0.15) is 0 Å². The number of ketones is 1. The maximum absolute atomic E-state index is 13.5. The van der Waals surface area contributed by atoms with E-state index in [1.165, 1.54) is 34.1 Å². The molecule has 0 aromatic heterocycles. The van der Waals surface area contributed by atoms with Gasteiger partial charge in [0.15, 0.2) is 0 Å². The smallest absolute Gasteiger partial charge is 0.295 e. The number of amides is 1. The van der Waals surface area contributed by atoms with Gasteiger partial charge in [-0.25, -0.2) is 4.39 Å². The Balaban J connectivity index is 1.72. The number of quaternary nitrogens is 1. The Kier molecular flexibility index (Phi) is 6.36. The molecule has 2 aromatic rings. The number of hydrogen-bond acceptors (Lipinski definition) is 4. The number of halogens is 2. The number of ether oxygens (including phenoxy) is 1. The molecule has 4 rings (SSSR count). The number of carbonyl (C=O) groups is 2. The lowest BCUT2D eigenvalue weighted by atomic mass is 9.95. The van der Waals surface area contributed by atoms with Gasteiger partial charge in [0.1, 0.15) is 24.7 Å². The number of hydrogen-bond donors (Lipinski definition) is 2. The van der Waals surface area contributed by atoms with Gasteiger partial charge in [-0.1, -0.05) is 23.7 Å². The monoisotopic (exact) mass is 445 g/mol. The number of aliphatic hydroxyl groups is 1. The highest BCUT2D eigenvalue weighted by Gasteiger charge is 2.46. The van der Waals surface area contributed by atoms with Crippen molar-refractivity contribution < 1.29 is 28.7 Å². The molecule has 2 N–H and O–H groups in total. The maximum atomic E-state index is 13.5. The van der Waals surface area contributed by atoms with Crippen LogP contribution in [-0.2, 0) is 14.3 Å². The summed E-state index contributed by atoms with van der Waals surface area (Å²) in [6.07, 6.45) is 0. The van der Waals surface area contributed by atoms with Gasteiger partial charge in [-0.15, -0.1) is 0 Å². The minimum absolute atomic E-state index is 0.00379. The van der Waals surface area contributed by atoms with Gasteiger partial charge in [-0.05, 0) is 42.0 Å². The fourth-order valence-corrected chi connectivity index (χ4v) is 4.18. The first-order valence-corrected chi connectivity index (χ1v) is 10.5. The molecule has 31 heavy (non-hydrogen) atoms. The molecule has 2 fully saturated rings. The van der Waals surface area contributed by atoms with Crippen LogP contribution in [0, 0.1) is 5.82 Å². The zero-order valence-corrected chi connectivity index (χ0v) is 17.6. The van der Waals surface area contributed by atoms with Crippen LogP contribution in [0.3, 0.4) is 0 Å². The van der Waals surface area contributed by atoms with Crippen LogP contribution in [0.1, 0.15) is 17.2 Å². The second-order valence-corrected chi connectivity index (χ2v) is 8.10. The van der Waals surface area contributed by atoms with Crippen molar-refractivity contribution in [1.82, 2.24) is 4.90 Å². The minimum atomic E-state index is -0.795. The molecule has 0 aliphatic carbocycles. The fourth-order valence-electron chi connectivity index (χ4n) is 4.05. The molecule has 1 atom stereocenters. The molecule has 0 spiro atoms. The Morgan fingerprint density at radius 2 is 1.74 bits per heavy atom. The lowest BCUT2D eigenvalue weighted by Crippen LogP contribution is -3.14. The molecule has 0 saturated carbocycles. The van der Waals surface area contributed by atoms with Crippen molar-refractivity contribution in [2.75, 3.05) is 39.4 Å². The van der Waals surface area contributed by atoms with Crippen LogP contribution in [0.5, 0.6) is 0 Å². The average molecular weight is 446 g/mol. The van der Waals surface area contributed by atoms with Crippen LogP contribution in [-0.4, -0.2) is 61.1 Å². The third kappa shape index (κ3) is 4.49. The van der Waals surface area contributed by atoms with E-state index in [0.717, 1.165) is 13.1 Å². The Labute approximate surface area is 184 Å². The molecular formula is C23H23ClFN2O4+. The molecule has 2 aliphatic rings. The van der Waals surface area contributed by atoms with E-state index in [2.05, 4.69) is 0 Å². The van der Waals surface area contributed by atoms with Crippen molar-refractivity contribution in [2.45, 2.75) is 6.04 Å². The topological polar surface area (TPSA) is 71.3 Å². The molecule has 8 heteroatoms. The van der Waals surface area contributed by atoms with Gasteiger partial charge in [0.25, 0.3) is 11.7 Å². The molecule has 162 valence electrons. The Morgan fingerprint density at radius 1 is 1.10 bits per heavy atom. The number of Topliss-reactive ketones (excluding diaryl/α,β-unsaturated/α-hetero) is 1. The summed E-state index contributed by atoms with van der Waals surface area (Å²) in [5.41, 5.74) is 0.942. The summed E-state index contributed by atoms with van der Waals surface area (Å²) >= 11 is 5.93. The normalized spacial score (nSPS) is 21.6. The highest BCUT2D eigenvalue weighted by atomic mass is 35.5. The molecule has 2 aliphatic heterocycles. The summed E-state index contributed by atoms with van der Waals surface area (Å²) in [5, 5.41) is 11.4. The molecule has 6 nitrogen and oxygen atoms in total. The number of likely N-dealkylation sites (tertiary alicyclic amines) is 1. The molecule has 2 saturated heterocycles. The van der Waals surface area contributed by atoms with Gasteiger partial charge in [0.2, 0.25) is 0 Å². The van der Waals surface area contributed by atoms with Gasteiger partial charge in [0.05, 0.1) is 37.9 Å². The summed E-state index contributed by atoms with van der Waals surface area (Å²) in [7, 11) is 0. The number of benzene rings is 2. The predicted molar refractivity (Wildman–Crippen MR) is 113 cm³/mol. The third-order valence-corrected chi connectivity index (χ3v) is 6.00. The van der Waals surface area contributed by atoms with E-state index in [-0.39, 0.29) is 11.3 Å². The number of aliphatic hydroxyl groups excluding tert-OH is 1. The van der Waals surface area contributed by atoms with Crippen molar-refractivity contribution in [2.24, 2.45) is 0 Å². The molecule has 0 unspecified atom stereocenters. The van der Waals surface area contributed by atoms with E-state index < -0.39 is 23.5 Å². The quantitative estimate of drug-likeness (QED) is 0.418. The van der Waals surface area contributed by atoms with E-state index in [4.69, 9.17) is 16.3 Å². The molecule has 2 heterocycles. The van der Waals surface area contributed by atoms with Crippen molar-refractivity contribution in [3.05, 3.63) is 76.1 Å². The average Bonchev–Trinajstić information content (AvgIpc) is 3.04. The number of carbonyl (C=O) groups excluding carboxylic acids is 2. The van der Waals surface area contributed by atoms with Crippen LogP contribution in [0.2, 0.25) is 5.02 Å². The standard InChI is InChI=1S/C23H22ClFN2O4/c24-17-5-1-16(2-6-17)21(28)19-20(15-3-7-18(25)8-4-15)27(23(30)22(19)29)10-9-26-11-13-31-14-12-26/h1-8,20,28H,9-14H2/p+1/t20-/m0/s1. The lowest BCUT2D eigenvalue weighted by molar-refractivity contribution is -0.907. The summed E-state index contributed by atoms with van der Waals surface area (Å²) in [6, 6.07) is 11.2. The van der Waals surface area contributed by atoms with Crippen LogP contribution in [0.15, 0.2) is 54.1 Å². The van der Waals surface area contributed by atoms with Crippen LogP contribution < -0.4 is 4.90 Å². The van der Waals surface area contributed by atoms with Crippen molar-refractivity contribution >= 4 is 29.1 Å². The first-order chi connectivity index (χ1) is 15.0. The van der Waals surface area contributed by atoms with E-state index in [0.29, 0.717) is 42.5 Å². The number of morpholine rings is 1. The fraction of sp³-hybridized carbons (Fsp3) is 0.304. The Hall–Kier alpha value is -2.74. The minimum Gasteiger partial charge on any atom is -0.507 e. The van der Waals surface area contributed by atoms with E-state index in [1.54, 1.807) is 24.3 Å². The Morgan fingerprint density at radius 3 is 2.39 bits per heavy atom. The lowest BCUT2D eigenvalue weighted by Gasteiger charge is -2.29. The van der Waals surface area contributed by atoms with Gasteiger partial charge in [0, 0.05) is 10.6 Å². The van der Waals surface area contributed by atoms with Crippen LogP contribution >= 0.6 is 11.6 Å². The number of nitrogens with zero attached hydrogens (tertiary/aromatic N) is 1. The number of nitrogens with one attached hydrogen (secondary N) is 1. The van der Waals surface area contributed by atoms with Crippen LogP contribution in [0.25, 0.3) is 5.76 Å². The highest BCUT2D eigenvalue weighted by molar-refractivity contribution is 6.46. The van der Waals surface area contributed by atoms with Crippen molar-refractivity contribution in [3.8, 4) is 0 Å². The first-order valence-electron chi connectivity index (χ1n) is 10.2. The predicted octanol–water partition coefficient (Wildman–Crippen LogP) is 1.82. The zero-order chi connectivity index (χ0) is 22.0. The molecule has 1 amide bonds. The zero-order valence-electron chi connectivity index (χ0n) is 16.8. The Bertz CT molecular complexity index is 1000.